The highest BCUT2D eigenvalue weighted by Crippen LogP contribution is 2.44. The van der Waals surface area contributed by atoms with Gasteiger partial charge in [0.1, 0.15) is 14.5 Å². The average Bonchev–Trinajstić information content (AvgIpc) is 2.54. The van der Waals surface area contributed by atoms with E-state index in [0.717, 1.165) is 33.9 Å². The molecule has 0 saturated heterocycles. The summed E-state index contributed by atoms with van der Waals surface area (Å²) in [5, 5.41) is 2.01. The minimum absolute atomic E-state index is 0.985. The minimum Gasteiger partial charge on any atom is -0.326 e. The van der Waals surface area contributed by atoms with Crippen molar-refractivity contribution in [3.8, 4) is 0 Å². The summed E-state index contributed by atoms with van der Waals surface area (Å²) in [5.74, 6) is 1.21. The first-order valence-electron chi connectivity index (χ1n) is 8.16. The molecule has 1 aliphatic rings. The van der Waals surface area contributed by atoms with Crippen LogP contribution in [0, 0.1) is 11.6 Å². The number of hydrogen-bond donors (Lipinski definition) is 0. The molecule has 5 heteroatoms. The van der Waals surface area contributed by atoms with Gasteiger partial charge in [-0.05, 0) is 39.9 Å². The standard InChI is InChI=1S/C21H20Br4Si/c1-12-16(13(2)21(25)14(3)20(12)24)11-17-18(22)9-15(10-19(17)23)7-8-26(4,5)6/h9-10H,1-6H3. The molecule has 0 spiro atoms. The zero-order chi connectivity index (χ0) is 19.8. The summed E-state index contributed by atoms with van der Waals surface area (Å²) in [6.07, 6.45) is 0. The van der Waals surface area contributed by atoms with E-state index in [-0.39, 0.29) is 0 Å². The third-order valence-electron chi connectivity index (χ3n) is 3.94. The van der Waals surface area contributed by atoms with Crippen LogP contribution in [0.1, 0.15) is 20.8 Å². The topological polar surface area (TPSA) is 0 Å². The van der Waals surface area contributed by atoms with E-state index in [1.807, 2.05) is 0 Å². The molecule has 26 heavy (non-hydrogen) atoms. The van der Waals surface area contributed by atoms with Crippen molar-refractivity contribution in [1.82, 2.24) is 0 Å². The van der Waals surface area contributed by atoms with Crippen molar-refractivity contribution in [1.29, 1.82) is 0 Å². The van der Waals surface area contributed by atoms with Gasteiger partial charge in [0.2, 0.25) is 0 Å². The molecule has 0 N–H and O–H groups in total. The van der Waals surface area contributed by atoms with Crippen molar-refractivity contribution in [2.45, 2.75) is 40.4 Å². The number of allylic oxidation sites excluding steroid dienone is 5. The van der Waals surface area contributed by atoms with Crippen LogP contribution in [-0.4, -0.2) is 8.07 Å². The summed E-state index contributed by atoms with van der Waals surface area (Å²) in [5.41, 5.74) is 13.8. The van der Waals surface area contributed by atoms with Gasteiger partial charge >= 0.3 is 0 Å². The summed E-state index contributed by atoms with van der Waals surface area (Å²) in [4.78, 5) is 0. The normalized spacial score (nSPS) is 15.3. The second-order valence-corrected chi connectivity index (χ2v) is 15.4. The van der Waals surface area contributed by atoms with E-state index in [2.05, 4.69) is 133 Å². The van der Waals surface area contributed by atoms with E-state index in [1.165, 1.54) is 17.1 Å². The third-order valence-corrected chi connectivity index (χ3v) is 8.45. The van der Waals surface area contributed by atoms with Gasteiger partial charge in [-0.3, -0.25) is 0 Å². The summed E-state index contributed by atoms with van der Waals surface area (Å²) in [7, 11) is -1.40. The van der Waals surface area contributed by atoms with E-state index >= 15 is 0 Å². The fraction of sp³-hybridized carbons (Fsp3) is 0.286. The number of halogens is 4. The largest absolute Gasteiger partial charge is 0.326 e. The maximum Gasteiger partial charge on any atom is 0.134 e. The number of rotatable bonds is 1. The first-order valence-corrected chi connectivity index (χ1v) is 14.8. The number of benzene rings is 1. The molecule has 0 unspecified atom stereocenters. The lowest BCUT2D eigenvalue weighted by Crippen LogP contribution is -2.17. The van der Waals surface area contributed by atoms with Crippen molar-refractivity contribution in [3.05, 3.63) is 68.8 Å². The Bertz CT molecular complexity index is 952. The maximum atomic E-state index is 3.71. The van der Waals surface area contributed by atoms with Crippen molar-refractivity contribution < 1.29 is 0 Å². The van der Waals surface area contributed by atoms with Gasteiger partial charge in [0, 0.05) is 34.9 Å². The maximum absolute atomic E-state index is 3.71. The molecule has 0 fully saturated rings. The van der Waals surface area contributed by atoms with Crippen LogP contribution in [-0.2, 0) is 0 Å². The molecule has 0 heterocycles. The van der Waals surface area contributed by atoms with Crippen LogP contribution >= 0.6 is 63.7 Å². The molecule has 0 aliphatic heterocycles. The molecule has 0 bridgehead atoms. The predicted molar refractivity (Wildman–Crippen MR) is 130 cm³/mol. The molecule has 0 aromatic heterocycles. The lowest BCUT2D eigenvalue weighted by atomic mass is 9.89. The molecule has 0 amide bonds. The Labute approximate surface area is 191 Å². The van der Waals surface area contributed by atoms with Gasteiger partial charge in [-0.15, -0.1) is 17.4 Å². The van der Waals surface area contributed by atoms with Gasteiger partial charge in [-0.2, -0.15) is 0 Å². The highest BCUT2D eigenvalue weighted by atomic mass is 79.9. The van der Waals surface area contributed by atoms with Crippen LogP contribution in [0.2, 0.25) is 19.6 Å². The molecule has 0 radical (unpaired) electrons. The van der Waals surface area contributed by atoms with Crippen molar-refractivity contribution in [2.24, 2.45) is 0 Å². The quantitative estimate of drug-likeness (QED) is 0.233. The molecule has 2 rings (SSSR count). The van der Waals surface area contributed by atoms with Gasteiger partial charge in [0.15, 0.2) is 0 Å². The van der Waals surface area contributed by atoms with E-state index in [4.69, 9.17) is 0 Å². The number of hydrogen-bond acceptors (Lipinski definition) is 0. The first kappa shape index (κ1) is 22.3. The van der Waals surface area contributed by atoms with Gasteiger partial charge < -0.3 is 5.73 Å². The third kappa shape index (κ3) is 5.08. The second kappa shape index (κ2) is 8.57. The first-order chi connectivity index (χ1) is 11.9. The molecular weight excluding hydrogens is 600 g/mol. The summed E-state index contributed by atoms with van der Waals surface area (Å²) < 4.78 is 4.20. The van der Waals surface area contributed by atoms with Crippen molar-refractivity contribution in [2.75, 3.05) is 0 Å². The molecule has 0 saturated carbocycles. The van der Waals surface area contributed by atoms with Gasteiger partial charge in [-0.25, -0.2) is 5.70 Å². The predicted octanol–water partition coefficient (Wildman–Crippen LogP) is 7.08. The second-order valence-electron chi connectivity index (χ2n) is 7.32. The molecule has 1 aromatic rings. The van der Waals surface area contributed by atoms with Crippen molar-refractivity contribution >= 4 is 83.3 Å². The lowest BCUT2D eigenvalue weighted by Gasteiger charge is -2.15. The zero-order valence-electron chi connectivity index (χ0n) is 15.7. The Morgan fingerprint density at radius 2 is 1.38 bits per heavy atom. The highest BCUT2D eigenvalue weighted by Gasteiger charge is 2.33. The van der Waals surface area contributed by atoms with Gasteiger partial charge in [0.25, 0.3) is 0 Å². The van der Waals surface area contributed by atoms with Crippen LogP contribution in [0.3, 0.4) is 0 Å². The van der Waals surface area contributed by atoms with E-state index < -0.39 is 8.07 Å². The Hall–Kier alpha value is 0.00688. The molecule has 136 valence electrons. The van der Waals surface area contributed by atoms with E-state index in [0.29, 0.717) is 0 Å². The van der Waals surface area contributed by atoms with Gasteiger partial charge in [0.05, 0.1) is 17.1 Å². The van der Waals surface area contributed by atoms with Crippen LogP contribution in [0.5, 0.6) is 0 Å². The molecular formula is C21H20Br4Si. The van der Waals surface area contributed by atoms with E-state index in [1.54, 1.807) is 0 Å². The Balaban J connectivity index is 2.85. The zero-order valence-corrected chi connectivity index (χ0v) is 23.0. The van der Waals surface area contributed by atoms with Crippen LogP contribution in [0.15, 0.2) is 46.8 Å². The summed E-state index contributed by atoms with van der Waals surface area (Å²) in [6.45, 7) is 13.1. The van der Waals surface area contributed by atoms with E-state index in [9.17, 15) is 0 Å². The minimum atomic E-state index is -1.40. The molecule has 0 atom stereocenters. The lowest BCUT2D eigenvalue weighted by molar-refractivity contribution is 1.16. The molecule has 0 nitrogen and oxygen atoms in total. The monoisotopic (exact) mass is 616 g/mol. The fourth-order valence-electron chi connectivity index (χ4n) is 2.50. The molecule has 1 aromatic carbocycles. The average molecular weight is 620 g/mol. The van der Waals surface area contributed by atoms with Gasteiger partial charge in [-0.1, -0.05) is 57.2 Å². The highest BCUT2D eigenvalue weighted by molar-refractivity contribution is 9.12. The van der Waals surface area contributed by atoms with Crippen molar-refractivity contribution in [3.63, 3.8) is 0 Å². The van der Waals surface area contributed by atoms with Crippen LogP contribution in [0.25, 0.3) is 11.5 Å². The van der Waals surface area contributed by atoms with Crippen LogP contribution < -0.4 is 10.4 Å². The summed E-state index contributed by atoms with van der Waals surface area (Å²) >= 11 is 14.8. The SMILES string of the molecule is CC1=C(Br)[C+](C)C(Br)=C(C)C1=C=c1c(Br)cc(=C=[C-][Si](C)(C)C)cc1Br. The Kier molecular flexibility index (Phi) is 7.35. The smallest absolute Gasteiger partial charge is 0.134 e. The van der Waals surface area contributed by atoms with Crippen LogP contribution in [0.4, 0.5) is 0 Å². The molecule has 1 aliphatic carbocycles. The Morgan fingerprint density at radius 3 is 1.81 bits per heavy atom. The fourth-order valence-corrected chi connectivity index (χ4v) is 5.46. The summed E-state index contributed by atoms with van der Waals surface area (Å²) in [6, 6.07) is 4.15. The Morgan fingerprint density at radius 1 is 0.923 bits per heavy atom.